The Balaban J connectivity index is -0.000000124. The number of hydrogen-bond donors (Lipinski definition) is 9. The van der Waals surface area contributed by atoms with Crippen LogP contribution in [0.25, 0.3) is 0 Å². The predicted molar refractivity (Wildman–Crippen MR) is 71.6 cm³/mol. The molecule has 9 N–H and O–H groups in total. The molecule has 32 heavy (non-hydrogen) atoms. The Labute approximate surface area is 196 Å². The predicted octanol–water partition coefficient (Wildman–Crippen LogP) is 0.309. The Morgan fingerprint density at radius 1 is 0.438 bits per heavy atom. The summed E-state index contributed by atoms with van der Waals surface area (Å²) in [7, 11) is -2.43. The third kappa shape index (κ3) is 41.0. The van der Waals surface area contributed by atoms with E-state index in [4.69, 9.17) is 61.2 Å². The van der Waals surface area contributed by atoms with Crippen LogP contribution in [0.4, 0.5) is 28.8 Å². The summed E-state index contributed by atoms with van der Waals surface area (Å²) in [6, 6.07) is 0. The van der Waals surface area contributed by atoms with E-state index in [1.54, 1.807) is 0 Å². The number of carbonyl (C=O) groups is 6. The SMILES string of the molecule is O=C(O)OO.O=C(O)OO.O=C(O)OO.O=C(OO)OB(OC(=O)OO)OC(=O)OO.[Y]. The van der Waals surface area contributed by atoms with Gasteiger partial charge in [-0.1, -0.05) is 0 Å². The molecule has 0 aromatic carbocycles. The van der Waals surface area contributed by atoms with Crippen molar-refractivity contribution in [1.82, 2.24) is 0 Å². The van der Waals surface area contributed by atoms with Gasteiger partial charge in [-0.3, -0.25) is 29.3 Å². The van der Waals surface area contributed by atoms with Crippen LogP contribution >= 0.6 is 0 Å². The van der Waals surface area contributed by atoms with Crippen LogP contribution in [0.2, 0.25) is 0 Å². The first-order chi connectivity index (χ1) is 14.3. The Bertz CT molecular complexity index is 471. The standard InChI is InChI=1S/C3H3BO12.3CH2O4.Y/c5-1(14-8)11-4(12-2(6)15-9)13-3(7)16-10;3*2-1(3)5-4;/h8-10H;3*4H,(H,2,3);. The van der Waals surface area contributed by atoms with Gasteiger partial charge in [0.1, 0.15) is 0 Å². The van der Waals surface area contributed by atoms with Crippen molar-refractivity contribution in [2.45, 2.75) is 0 Å². The van der Waals surface area contributed by atoms with Crippen molar-refractivity contribution in [3.63, 3.8) is 0 Å². The molecule has 26 heteroatoms. The van der Waals surface area contributed by atoms with Gasteiger partial charge in [0.05, 0.1) is 0 Å². The first kappa shape index (κ1) is 39.1. The van der Waals surface area contributed by atoms with E-state index >= 15 is 0 Å². The Kier molecular flexibility index (Phi) is 33.6. The minimum atomic E-state index is -2.43. The van der Waals surface area contributed by atoms with Gasteiger partial charge in [-0.15, -0.1) is 0 Å². The summed E-state index contributed by atoms with van der Waals surface area (Å²) >= 11 is 0. The molecule has 0 aliphatic carbocycles. The van der Waals surface area contributed by atoms with Crippen LogP contribution in [0.1, 0.15) is 0 Å². The monoisotopic (exact) mass is 565 g/mol. The topological polar surface area (TPSA) is 368 Å². The Hall–Kier alpha value is -3.45. The summed E-state index contributed by atoms with van der Waals surface area (Å²) in [4.78, 5) is 74.4. The van der Waals surface area contributed by atoms with Crippen LogP contribution in [0.15, 0.2) is 0 Å². The fourth-order valence-electron chi connectivity index (χ4n) is 0.372. The second kappa shape index (κ2) is 27.5. The average Bonchev–Trinajstić information content (AvgIpc) is 2.74. The minimum absolute atomic E-state index is 0. The summed E-state index contributed by atoms with van der Waals surface area (Å²) in [5.41, 5.74) is 0. The average molecular weight is 565 g/mol. The van der Waals surface area contributed by atoms with E-state index in [-0.39, 0.29) is 32.7 Å². The fourth-order valence-corrected chi connectivity index (χ4v) is 0.372. The van der Waals surface area contributed by atoms with Crippen molar-refractivity contribution >= 4 is 44.3 Å². The molecule has 0 rings (SSSR count). The molecule has 0 aliphatic heterocycles. The third-order valence-electron chi connectivity index (χ3n) is 1.04. The summed E-state index contributed by atoms with van der Waals surface area (Å²) in [6.07, 6.45) is -10.6. The zero-order valence-corrected chi connectivity index (χ0v) is 17.1. The smallest absolute Gasteiger partial charge is 0.448 e. The van der Waals surface area contributed by atoms with Crippen molar-refractivity contribution in [2.75, 3.05) is 0 Å². The molecule has 0 saturated heterocycles. The number of carboxylic acid groups (broad SMARTS) is 3. The van der Waals surface area contributed by atoms with Gasteiger partial charge in [-0.25, -0.2) is 28.8 Å². The molecule has 0 heterocycles. The first-order valence-electron chi connectivity index (χ1n) is 5.54. The molecule has 0 amide bonds. The van der Waals surface area contributed by atoms with Gasteiger partial charge in [0, 0.05) is 32.7 Å². The molecule has 0 saturated carbocycles. The van der Waals surface area contributed by atoms with Gasteiger partial charge in [-0.05, 0) is 0 Å². The van der Waals surface area contributed by atoms with Crippen LogP contribution in [0.5, 0.6) is 0 Å². The van der Waals surface area contributed by atoms with Gasteiger partial charge in [0.15, 0.2) is 0 Å². The van der Waals surface area contributed by atoms with Gasteiger partial charge in [0.25, 0.3) is 0 Å². The number of carbonyl (C=O) groups excluding carboxylic acids is 3. The maximum Gasteiger partial charge on any atom is 0.877 e. The van der Waals surface area contributed by atoms with E-state index in [1.807, 2.05) is 0 Å². The molecule has 0 fully saturated rings. The van der Waals surface area contributed by atoms with Crippen molar-refractivity contribution in [3.8, 4) is 0 Å². The van der Waals surface area contributed by atoms with E-state index in [1.165, 1.54) is 0 Å². The molecule has 0 unspecified atom stereocenters. The Morgan fingerprint density at radius 2 is 0.594 bits per heavy atom. The second-order valence-corrected chi connectivity index (χ2v) is 2.74. The van der Waals surface area contributed by atoms with Crippen LogP contribution in [0.3, 0.4) is 0 Å². The minimum Gasteiger partial charge on any atom is -0.448 e. The van der Waals surface area contributed by atoms with Gasteiger partial charge in [-0.2, -0.15) is 31.5 Å². The van der Waals surface area contributed by atoms with Crippen LogP contribution in [0, 0.1) is 0 Å². The fraction of sp³-hybridized carbons (Fsp3) is 0. The molecule has 0 atom stereocenters. The van der Waals surface area contributed by atoms with E-state index in [0.29, 0.717) is 0 Å². The summed E-state index contributed by atoms with van der Waals surface area (Å²) in [6.45, 7) is 0. The number of hydrogen-bond acceptors (Lipinski definition) is 21. The first-order valence-corrected chi connectivity index (χ1v) is 5.54. The van der Waals surface area contributed by atoms with Gasteiger partial charge in [0.2, 0.25) is 0 Å². The van der Waals surface area contributed by atoms with Crippen LogP contribution in [-0.2, 0) is 76.0 Å². The van der Waals surface area contributed by atoms with E-state index in [0.717, 1.165) is 0 Å². The summed E-state index contributed by atoms with van der Waals surface area (Å²) in [5, 5.41) is 66.1. The Morgan fingerprint density at radius 3 is 0.688 bits per heavy atom. The molecule has 183 valence electrons. The van der Waals surface area contributed by atoms with Crippen LogP contribution in [-0.4, -0.2) is 91.1 Å². The molecular formula is C6H9BO24Y. The number of rotatable bonds is 3. The largest absolute Gasteiger partial charge is 0.877 e. The molecule has 1 radical (unpaired) electrons. The zero-order valence-electron chi connectivity index (χ0n) is 14.3. The van der Waals surface area contributed by atoms with Gasteiger partial charge >= 0.3 is 44.3 Å². The van der Waals surface area contributed by atoms with E-state index in [9.17, 15) is 14.4 Å². The van der Waals surface area contributed by atoms with Crippen molar-refractivity contribution in [3.05, 3.63) is 0 Å². The van der Waals surface area contributed by atoms with Crippen molar-refractivity contribution in [1.29, 1.82) is 0 Å². The molecule has 0 aromatic heterocycles. The second-order valence-electron chi connectivity index (χ2n) is 2.74. The summed E-state index contributed by atoms with van der Waals surface area (Å²) in [5.74, 6) is 0. The molecule has 0 spiro atoms. The zero-order chi connectivity index (χ0) is 25.4. The van der Waals surface area contributed by atoms with Crippen LogP contribution < -0.4 is 0 Å². The van der Waals surface area contributed by atoms with Crippen molar-refractivity contribution in [2.24, 2.45) is 0 Å². The molecule has 0 bridgehead atoms. The molecule has 24 nitrogen and oxygen atoms in total. The summed E-state index contributed by atoms with van der Waals surface area (Å²) < 4.78 is 11.3. The molecular weight excluding hydrogens is 556 g/mol. The normalized spacial score (nSPS) is 7.31. The molecule has 0 aliphatic rings. The maximum atomic E-state index is 10.3. The van der Waals surface area contributed by atoms with Gasteiger partial charge < -0.3 is 29.3 Å². The maximum absolute atomic E-state index is 10.3. The quantitative estimate of drug-likeness (QED) is 0.0961. The molecule has 0 aromatic rings. The van der Waals surface area contributed by atoms with E-state index in [2.05, 4.69) is 43.3 Å². The van der Waals surface area contributed by atoms with E-state index < -0.39 is 44.3 Å². The van der Waals surface area contributed by atoms with Crippen molar-refractivity contribution < 1.29 is 152 Å². The third-order valence-corrected chi connectivity index (χ3v) is 1.04.